The number of carboxylic acid groups (broad SMARTS) is 1. The molecule has 2 amide bonds. The van der Waals surface area contributed by atoms with Crippen LogP contribution in [0.15, 0.2) is 25.6 Å². The van der Waals surface area contributed by atoms with Crippen LogP contribution >= 0.6 is 47.8 Å². The minimum atomic E-state index is -1.22. The highest BCUT2D eigenvalue weighted by atomic mass is 79.9. The summed E-state index contributed by atoms with van der Waals surface area (Å²) in [5.41, 5.74) is 0.331. The lowest BCUT2D eigenvalue weighted by Gasteiger charge is -2.21. The van der Waals surface area contributed by atoms with E-state index >= 15 is 0 Å². The van der Waals surface area contributed by atoms with Crippen LogP contribution in [-0.2, 0) is 23.7 Å². The van der Waals surface area contributed by atoms with Crippen LogP contribution in [0.25, 0.3) is 0 Å². The van der Waals surface area contributed by atoms with Gasteiger partial charge >= 0.3 is 19.1 Å². The van der Waals surface area contributed by atoms with E-state index in [0.29, 0.717) is 25.4 Å². The molecule has 1 aromatic rings. The van der Waals surface area contributed by atoms with E-state index in [1.807, 2.05) is 13.8 Å². The molecule has 2 atom stereocenters. The highest BCUT2D eigenvalue weighted by Gasteiger charge is 2.46. The molecule has 1 unspecified atom stereocenters. The van der Waals surface area contributed by atoms with Crippen molar-refractivity contribution < 1.29 is 33.6 Å². The van der Waals surface area contributed by atoms with Crippen LogP contribution in [-0.4, -0.2) is 54.6 Å². The van der Waals surface area contributed by atoms with Crippen LogP contribution in [0.1, 0.15) is 37.0 Å². The average Bonchev–Trinajstić information content (AvgIpc) is 3.01. The van der Waals surface area contributed by atoms with Crippen LogP contribution in [0.3, 0.4) is 0 Å². The van der Waals surface area contributed by atoms with Gasteiger partial charge in [-0.25, -0.2) is 0 Å². The number of rotatable bonds is 9. The van der Waals surface area contributed by atoms with Crippen molar-refractivity contribution in [1.82, 2.24) is 10.6 Å². The largest absolute Gasteiger partial charge is 0.552 e. The summed E-state index contributed by atoms with van der Waals surface area (Å²) < 4.78 is 12.4. The molecule has 168 valence electrons. The molecular weight excluding hydrogens is 607 g/mol. The lowest BCUT2D eigenvalue weighted by molar-refractivity contribution is -0.145. The number of carbonyl (C=O) groups is 4. The summed E-state index contributed by atoms with van der Waals surface area (Å²) >= 11 is 9.97. The predicted molar refractivity (Wildman–Crippen MR) is 122 cm³/mol. The molecular formula is C18H20BBr3N2O7. The molecule has 1 aromatic carbocycles. The van der Waals surface area contributed by atoms with Crippen LogP contribution in [0, 0.1) is 5.92 Å². The van der Waals surface area contributed by atoms with E-state index in [-0.39, 0.29) is 12.5 Å². The van der Waals surface area contributed by atoms with Crippen molar-refractivity contribution in [2.75, 3.05) is 6.54 Å². The number of aliphatic carboxylic acids is 1. The molecule has 0 bridgehead atoms. The van der Waals surface area contributed by atoms with E-state index in [0.717, 1.165) is 0 Å². The monoisotopic (exact) mass is 624 g/mol. The Morgan fingerprint density at radius 1 is 1.23 bits per heavy atom. The molecule has 0 aromatic heterocycles. The Morgan fingerprint density at radius 3 is 2.52 bits per heavy atom. The number of hydrogen-bond acceptors (Lipinski definition) is 6. The highest BCUT2D eigenvalue weighted by molar-refractivity contribution is 9.13. The summed E-state index contributed by atoms with van der Waals surface area (Å²) in [4.78, 5) is 47.6. The Bertz CT molecular complexity index is 884. The van der Waals surface area contributed by atoms with Crippen molar-refractivity contribution in [1.29, 1.82) is 0 Å². The number of carbonyl (C=O) groups excluding carboxylic acids is 3. The van der Waals surface area contributed by atoms with Gasteiger partial charge in [0.05, 0.1) is 24.5 Å². The minimum Gasteiger partial charge on any atom is -0.506 e. The van der Waals surface area contributed by atoms with Crippen molar-refractivity contribution in [3.05, 3.63) is 31.1 Å². The lowest BCUT2D eigenvalue weighted by Crippen LogP contribution is -2.50. The maximum absolute atomic E-state index is 12.5. The molecule has 3 N–H and O–H groups in total. The van der Waals surface area contributed by atoms with E-state index in [1.165, 1.54) is 0 Å². The SMILES string of the molecule is CC(C)C[C@H](NC(=O)CNC(=O)c1cc(Br)cc(Br)c1Br)B1OC(=O)C(CC(=O)O)O1. The second-order valence-corrected chi connectivity index (χ2v) is 9.83. The zero-order chi connectivity index (χ0) is 23.3. The first-order valence-corrected chi connectivity index (χ1v) is 11.7. The number of hydrogen-bond donors (Lipinski definition) is 3. The highest BCUT2D eigenvalue weighted by Crippen LogP contribution is 2.30. The molecule has 0 saturated carbocycles. The first-order valence-electron chi connectivity index (χ1n) is 9.27. The molecule has 13 heteroatoms. The topological polar surface area (TPSA) is 131 Å². The van der Waals surface area contributed by atoms with E-state index in [2.05, 4.69) is 58.4 Å². The van der Waals surface area contributed by atoms with Crippen LogP contribution < -0.4 is 10.6 Å². The fourth-order valence-corrected chi connectivity index (χ4v) is 4.52. The van der Waals surface area contributed by atoms with Gasteiger partial charge in [0.1, 0.15) is 0 Å². The number of carboxylic acids is 1. The van der Waals surface area contributed by atoms with Gasteiger partial charge in [-0.3, -0.25) is 19.2 Å². The molecule has 1 heterocycles. The smallest absolute Gasteiger partial charge is 0.506 e. The summed E-state index contributed by atoms with van der Waals surface area (Å²) in [6.45, 7) is 3.51. The van der Waals surface area contributed by atoms with Gasteiger partial charge in [0.25, 0.3) is 5.91 Å². The van der Waals surface area contributed by atoms with Crippen molar-refractivity contribution in [3.63, 3.8) is 0 Å². The maximum Gasteiger partial charge on any atom is 0.552 e. The molecule has 2 rings (SSSR count). The third-order valence-corrected chi connectivity index (χ3v) is 6.67. The second-order valence-electron chi connectivity index (χ2n) is 7.26. The quantitative estimate of drug-likeness (QED) is 0.284. The predicted octanol–water partition coefficient (Wildman–Crippen LogP) is 2.68. The maximum atomic E-state index is 12.5. The van der Waals surface area contributed by atoms with Crippen LogP contribution in [0.4, 0.5) is 0 Å². The van der Waals surface area contributed by atoms with Gasteiger partial charge in [-0.15, -0.1) is 0 Å². The fraction of sp³-hybridized carbons (Fsp3) is 0.444. The number of halogens is 3. The Hall–Kier alpha value is -1.44. The summed E-state index contributed by atoms with van der Waals surface area (Å²) in [5, 5.41) is 14.1. The van der Waals surface area contributed by atoms with Crippen molar-refractivity contribution in [2.45, 2.75) is 38.7 Å². The van der Waals surface area contributed by atoms with Crippen molar-refractivity contribution >= 4 is 78.7 Å². The molecule has 1 fully saturated rings. The van der Waals surface area contributed by atoms with Gasteiger partial charge < -0.3 is 25.0 Å². The molecule has 1 aliphatic rings. The minimum absolute atomic E-state index is 0.121. The Morgan fingerprint density at radius 2 is 1.90 bits per heavy atom. The van der Waals surface area contributed by atoms with Crippen molar-refractivity contribution in [2.24, 2.45) is 5.92 Å². The van der Waals surface area contributed by atoms with Crippen LogP contribution in [0.5, 0.6) is 0 Å². The first-order chi connectivity index (χ1) is 14.5. The fourth-order valence-electron chi connectivity index (χ4n) is 2.88. The van der Waals surface area contributed by atoms with E-state index in [1.54, 1.807) is 12.1 Å². The Kier molecular flexibility index (Phi) is 9.53. The number of amides is 2. The molecule has 1 aliphatic heterocycles. The van der Waals surface area contributed by atoms with Gasteiger partial charge in [0, 0.05) is 13.4 Å². The summed E-state index contributed by atoms with van der Waals surface area (Å²) in [5.74, 6) is -3.52. The number of benzene rings is 1. The second kappa shape index (κ2) is 11.4. The zero-order valence-electron chi connectivity index (χ0n) is 16.6. The van der Waals surface area contributed by atoms with E-state index in [4.69, 9.17) is 14.4 Å². The normalized spacial score (nSPS) is 16.8. The first kappa shape index (κ1) is 25.8. The third-order valence-electron chi connectivity index (χ3n) is 4.20. The molecule has 0 radical (unpaired) electrons. The Balaban J connectivity index is 1.99. The lowest BCUT2D eigenvalue weighted by atomic mass is 9.74. The van der Waals surface area contributed by atoms with Gasteiger partial charge in [0.2, 0.25) is 5.91 Å². The van der Waals surface area contributed by atoms with Gasteiger partial charge in [0.15, 0.2) is 6.10 Å². The summed E-state index contributed by atoms with van der Waals surface area (Å²) in [6.07, 6.45) is -1.33. The standard InChI is InChI=1S/C18H20BBr3N2O7/c1-8(2)3-13(19-30-12(6-15(26)27)18(29)31-19)24-14(25)7-23-17(28)10-4-9(20)5-11(21)16(10)22/h4-5,8,12-13H,3,6-7H2,1-2H3,(H,23,28)(H,24,25)(H,26,27)/t12?,13-/m0/s1. The number of nitrogens with one attached hydrogen (secondary N) is 2. The molecule has 0 aliphatic carbocycles. The molecule has 0 spiro atoms. The van der Waals surface area contributed by atoms with Crippen LogP contribution in [0.2, 0.25) is 0 Å². The summed E-state index contributed by atoms with van der Waals surface area (Å²) in [7, 11) is -1.10. The van der Waals surface area contributed by atoms with E-state index < -0.39 is 49.3 Å². The van der Waals surface area contributed by atoms with E-state index in [9.17, 15) is 19.2 Å². The molecule has 1 saturated heterocycles. The van der Waals surface area contributed by atoms with Crippen molar-refractivity contribution in [3.8, 4) is 0 Å². The van der Waals surface area contributed by atoms with Gasteiger partial charge in [-0.1, -0.05) is 29.8 Å². The average molecular weight is 627 g/mol. The summed E-state index contributed by atoms with van der Waals surface area (Å²) in [6, 6.07) is 3.38. The zero-order valence-corrected chi connectivity index (χ0v) is 21.4. The molecule has 9 nitrogen and oxygen atoms in total. The molecule has 31 heavy (non-hydrogen) atoms. The van der Waals surface area contributed by atoms with Gasteiger partial charge in [-0.2, -0.15) is 0 Å². The Labute approximate surface area is 204 Å². The third kappa shape index (κ3) is 7.58. The van der Waals surface area contributed by atoms with Gasteiger partial charge in [-0.05, 0) is 56.3 Å².